The molecule has 3 aromatic heterocycles. The SMILES string of the molecule is CC1(N)CCN(c2nc3nc(Sc4cccnc4C(F)(F)F)cnc3s2)CC1. The molecule has 148 valence electrons. The minimum absolute atomic E-state index is 0.0163. The summed E-state index contributed by atoms with van der Waals surface area (Å²) in [7, 11) is 0. The van der Waals surface area contributed by atoms with Crippen LogP contribution in [0.1, 0.15) is 25.5 Å². The van der Waals surface area contributed by atoms with Crippen molar-refractivity contribution in [1.29, 1.82) is 0 Å². The highest BCUT2D eigenvalue weighted by atomic mass is 32.2. The van der Waals surface area contributed by atoms with Crippen molar-refractivity contribution in [2.24, 2.45) is 5.73 Å². The molecular formula is C17H17F3N6S2. The number of rotatable bonds is 3. The number of hydrogen-bond acceptors (Lipinski definition) is 8. The zero-order chi connectivity index (χ0) is 19.9. The molecule has 6 nitrogen and oxygen atoms in total. The summed E-state index contributed by atoms with van der Waals surface area (Å²) in [5.74, 6) is 0. The molecule has 0 atom stereocenters. The van der Waals surface area contributed by atoms with E-state index in [-0.39, 0.29) is 10.4 Å². The van der Waals surface area contributed by atoms with E-state index in [1.807, 2.05) is 6.92 Å². The van der Waals surface area contributed by atoms with E-state index >= 15 is 0 Å². The number of pyridine rings is 1. The molecule has 0 aromatic carbocycles. The Morgan fingerprint density at radius 1 is 1.21 bits per heavy atom. The van der Waals surface area contributed by atoms with Gasteiger partial charge >= 0.3 is 6.18 Å². The third-order valence-electron chi connectivity index (χ3n) is 4.52. The Labute approximate surface area is 167 Å². The molecule has 0 unspecified atom stereocenters. The van der Waals surface area contributed by atoms with E-state index in [1.165, 1.54) is 29.7 Å². The number of piperidine rings is 1. The Bertz CT molecular complexity index is 994. The number of nitrogens with zero attached hydrogens (tertiary/aromatic N) is 5. The Hall–Kier alpha value is -1.98. The van der Waals surface area contributed by atoms with Crippen molar-refractivity contribution in [2.45, 2.75) is 41.4 Å². The lowest BCUT2D eigenvalue weighted by Gasteiger charge is -2.36. The standard InChI is InChI=1S/C17H17F3N6S2/c1-16(21)4-7-26(8-5-16)15-25-13-14(28-15)23-9-11(24-13)27-10-3-2-6-22-12(10)17(18,19)20/h2-3,6,9H,4-5,7-8,21H2,1H3. The van der Waals surface area contributed by atoms with Gasteiger partial charge < -0.3 is 10.6 Å². The molecule has 4 rings (SSSR count). The highest BCUT2D eigenvalue weighted by Gasteiger charge is 2.35. The lowest BCUT2D eigenvalue weighted by molar-refractivity contribution is -0.143. The van der Waals surface area contributed by atoms with Crippen LogP contribution in [0.3, 0.4) is 0 Å². The number of nitrogens with two attached hydrogens (primary N) is 1. The smallest absolute Gasteiger partial charge is 0.348 e. The summed E-state index contributed by atoms with van der Waals surface area (Å²) in [6, 6.07) is 2.84. The quantitative estimate of drug-likeness (QED) is 0.679. The molecule has 0 spiro atoms. The van der Waals surface area contributed by atoms with E-state index in [0.29, 0.717) is 15.5 Å². The monoisotopic (exact) mass is 426 g/mol. The molecule has 1 saturated heterocycles. The first-order valence-corrected chi connectivity index (χ1v) is 10.2. The fourth-order valence-corrected chi connectivity index (χ4v) is 4.67. The second-order valence-corrected chi connectivity index (χ2v) is 8.94. The minimum Gasteiger partial charge on any atom is -0.348 e. The lowest BCUT2D eigenvalue weighted by atomic mass is 9.91. The molecule has 0 amide bonds. The van der Waals surface area contributed by atoms with Crippen LogP contribution in [0.4, 0.5) is 18.3 Å². The first-order valence-electron chi connectivity index (χ1n) is 8.59. The average Bonchev–Trinajstić information content (AvgIpc) is 3.04. The maximum atomic E-state index is 13.1. The van der Waals surface area contributed by atoms with Crippen molar-refractivity contribution >= 4 is 38.7 Å². The lowest BCUT2D eigenvalue weighted by Crippen LogP contribution is -2.48. The predicted molar refractivity (Wildman–Crippen MR) is 103 cm³/mol. The first kappa shape index (κ1) is 19.3. The maximum absolute atomic E-state index is 13.1. The van der Waals surface area contributed by atoms with Crippen molar-refractivity contribution < 1.29 is 13.2 Å². The van der Waals surface area contributed by atoms with Crippen LogP contribution in [-0.4, -0.2) is 38.6 Å². The molecule has 4 heterocycles. The third-order valence-corrected chi connectivity index (χ3v) is 6.49. The predicted octanol–water partition coefficient (Wildman–Crippen LogP) is 3.97. The summed E-state index contributed by atoms with van der Waals surface area (Å²) in [5, 5.41) is 1.15. The molecule has 1 aliphatic heterocycles. The van der Waals surface area contributed by atoms with Crippen LogP contribution in [0.15, 0.2) is 34.4 Å². The molecule has 0 radical (unpaired) electrons. The number of hydrogen-bond donors (Lipinski definition) is 1. The van der Waals surface area contributed by atoms with Crippen LogP contribution >= 0.6 is 23.1 Å². The van der Waals surface area contributed by atoms with Gasteiger partial charge in [0.2, 0.25) is 0 Å². The van der Waals surface area contributed by atoms with Crippen molar-refractivity contribution in [1.82, 2.24) is 19.9 Å². The molecule has 28 heavy (non-hydrogen) atoms. The number of anilines is 1. The summed E-state index contributed by atoms with van der Waals surface area (Å²) >= 11 is 2.30. The van der Waals surface area contributed by atoms with Crippen molar-refractivity contribution in [3.63, 3.8) is 0 Å². The molecule has 1 aliphatic rings. The molecular weight excluding hydrogens is 409 g/mol. The number of aromatic nitrogens is 4. The number of halogens is 3. The van der Waals surface area contributed by atoms with Crippen LogP contribution in [0.5, 0.6) is 0 Å². The van der Waals surface area contributed by atoms with Crippen molar-refractivity contribution in [3.05, 3.63) is 30.2 Å². The average molecular weight is 426 g/mol. The third kappa shape index (κ3) is 4.06. The van der Waals surface area contributed by atoms with Crippen LogP contribution in [0.25, 0.3) is 10.5 Å². The fraction of sp³-hybridized carbons (Fsp3) is 0.412. The van der Waals surface area contributed by atoms with Gasteiger partial charge in [0.15, 0.2) is 21.3 Å². The Kier molecular flexibility index (Phi) is 4.92. The van der Waals surface area contributed by atoms with E-state index in [0.717, 1.165) is 49.0 Å². The highest BCUT2D eigenvalue weighted by Crippen LogP contribution is 2.38. The summed E-state index contributed by atoms with van der Waals surface area (Å²) in [6.07, 6.45) is -0.201. The molecule has 11 heteroatoms. The molecule has 0 saturated carbocycles. The zero-order valence-corrected chi connectivity index (χ0v) is 16.5. The van der Waals surface area contributed by atoms with Gasteiger partial charge in [0.05, 0.1) is 6.20 Å². The van der Waals surface area contributed by atoms with Gasteiger partial charge in [-0.1, -0.05) is 23.1 Å². The number of fused-ring (bicyclic) bond motifs is 1. The number of thiazole rings is 1. The van der Waals surface area contributed by atoms with Gasteiger partial charge in [-0.25, -0.2) is 9.97 Å². The van der Waals surface area contributed by atoms with Gasteiger partial charge in [-0.3, -0.25) is 4.98 Å². The zero-order valence-electron chi connectivity index (χ0n) is 14.9. The summed E-state index contributed by atoms with van der Waals surface area (Å²) in [4.78, 5) is 19.5. The normalized spacial score (nSPS) is 17.2. The second kappa shape index (κ2) is 7.12. The van der Waals surface area contributed by atoms with Gasteiger partial charge in [-0.05, 0) is 31.9 Å². The second-order valence-electron chi connectivity index (χ2n) is 6.92. The van der Waals surface area contributed by atoms with Gasteiger partial charge in [-0.2, -0.15) is 18.2 Å². The molecule has 2 N–H and O–H groups in total. The molecule has 1 fully saturated rings. The highest BCUT2D eigenvalue weighted by molar-refractivity contribution is 7.99. The first-order chi connectivity index (χ1) is 13.2. The topological polar surface area (TPSA) is 80.8 Å². The van der Waals surface area contributed by atoms with Crippen LogP contribution in [-0.2, 0) is 6.18 Å². The minimum atomic E-state index is -4.53. The van der Waals surface area contributed by atoms with Crippen LogP contribution in [0.2, 0.25) is 0 Å². The van der Waals surface area contributed by atoms with Crippen molar-refractivity contribution in [3.8, 4) is 0 Å². The van der Waals surface area contributed by atoms with Gasteiger partial charge in [0, 0.05) is 29.7 Å². The van der Waals surface area contributed by atoms with Gasteiger partial charge in [0.25, 0.3) is 0 Å². The van der Waals surface area contributed by atoms with E-state index < -0.39 is 11.9 Å². The number of alkyl halides is 3. The van der Waals surface area contributed by atoms with Gasteiger partial charge in [0.1, 0.15) is 5.03 Å². The molecule has 0 bridgehead atoms. The summed E-state index contributed by atoms with van der Waals surface area (Å²) < 4.78 is 39.4. The Balaban J connectivity index is 1.58. The van der Waals surface area contributed by atoms with Crippen LogP contribution in [0, 0.1) is 0 Å². The van der Waals surface area contributed by atoms with Crippen LogP contribution < -0.4 is 10.6 Å². The summed E-state index contributed by atoms with van der Waals surface area (Å²) in [6.45, 7) is 3.65. The van der Waals surface area contributed by atoms with E-state index in [4.69, 9.17) is 5.73 Å². The molecule has 3 aromatic rings. The molecule has 0 aliphatic carbocycles. The Morgan fingerprint density at radius 3 is 2.68 bits per heavy atom. The van der Waals surface area contributed by atoms with Gasteiger partial charge in [-0.15, -0.1) is 0 Å². The fourth-order valence-electron chi connectivity index (χ4n) is 2.89. The Morgan fingerprint density at radius 2 is 1.96 bits per heavy atom. The van der Waals surface area contributed by atoms with Crippen molar-refractivity contribution in [2.75, 3.05) is 18.0 Å². The maximum Gasteiger partial charge on any atom is 0.434 e. The van der Waals surface area contributed by atoms with E-state index in [2.05, 4.69) is 24.8 Å². The van der Waals surface area contributed by atoms with E-state index in [1.54, 1.807) is 0 Å². The largest absolute Gasteiger partial charge is 0.434 e. The van der Waals surface area contributed by atoms with E-state index in [9.17, 15) is 13.2 Å². The summed E-state index contributed by atoms with van der Waals surface area (Å²) in [5.41, 5.74) is 5.52.